The lowest BCUT2D eigenvalue weighted by molar-refractivity contribution is 0.273. The number of rotatable bonds is 2. The molecule has 3 heteroatoms. The molecule has 0 aliphatic carbocycles. The summed E-state index contributed by atoms with van der Waals surface area (Å²) in [5, 5.41) is 9.24. The predicted molar refractivity (Wildman–Crippen MR) is 76.6 cm³/mol. The average molecular weight is 274 g/mol. The van der Waals surface area contributed by atoms with Crippen LogP contribution in [-0.4, -0.2) is 11.7 Å². The lowest BCUT2D eigenvalue weighted by Crippen LogP contribution is -2.00. The molecule has 1 atom stereocenters. The van der Waals surface area contributed by atoms with Crippen molar-refractivity contribution >= 4 is 23.5 Å². The molecule has 0 saturated carbocycles. The minimum atomic E-state index is 0.202. The molecule has 1 aliphatic rings. The number of hydrogen-bond acceptors (Lipinski definition) is 3. The molecule has 92 valence electrons. The van der Waals surface area contributed by atoms with Crippen molar-refractivity contribution < 1.29 is 5.11 Å². The van der Waals surface area contributed by atoms with E-state index in [0.29, 0.717) is 0 Å². The van der Waals surface area contributed by atoms with Crippen molar-refractivity contribution in [1.29, 1.82) is 0 Å². The molecular formula is C15H14OS2. The second kappa shape index (κ2) is 5.00. The standard InChI is InChI=1S/C15H14OS2/c1-10(9-16)11-6-7-14-15(8-11)18-13-5-3-2-4-12(13)17-14/h2-8,10,16H,9H2,1H3. The molecule has 0 radical (unpaired) electrons. The van der Waals surface area contributed by atoms with Crippen LogP contribution in [0.15, 0.2) is 62.0 Å². The molecule has 0 spiro atoms. The first-order valence-electron chi connectivity index (χ1n) is 5.97. The van der Waals surface area contributed by atoms with E-state index in [1.807, 2.05) is 23.5 Å². The minimum Gasteiger partial charge on any atom is -0.396 e. The van der Waals surface area contributed by atoms with Gasteiger partial charge in [0.2, 0.25) is 0 Å². The van der Waals surface area contributed by atoms with Crippen LogP contribution in [0.4, 0.5) is 0 Å². The summed E-state index contributed by atoms with van der Waals surface area (Å²) in [6.07, 6.45) is 0. The van der Waals surface area contributed by atoms with Crippen molar-refractivity contribution in [2.75, 3.05) is 6.61 Å². The Morgan fingerprint density at radius 2 is 1.56 bits per heavy atom. The summed E-state index contributed by atoms with van der Waals surface area (Å²) in [4.78, 5) is 5.27. The monoisotopic (exact) mass is 274 g/mol. The molecule has 0 aromatic heterocycles. The van der Waals surface area contributed by atoms with Gasteiger partial charge in [-0.05, 0) is 29.8 Å². The highest BCUT2D eigenvalue weighted by Crippen LogP contribution is 2.48. The van der Waals surface area contributed by atoms with E-state index < -0.39 is 0 Å². The van der Waals surface area contributed by atoms with Gasteiger partial charge in [0.25, 0.3) is 0 Å². The van der Waals surface area contributed by atoms with Crippen molar-refractivity contribution in [1.82, 2.24) is 0 Å². The molecule has 3 rings (SSSR count). The molecule has 1 unspecified atom stereocenters. The van der Waals surface area contributed by atoms with Crippen LogP contribution in [0.3, 0.4) is 0 Å². The number of benzene rings is 2. The van der Waals surface area contributed by atoms with Crippen molar-refractivity contribution in [2.24, 2.45) is 0 Å². The van der Waals surface area contributed by atoms with Crippen LogP contribution >= 0.6 is 23.5 Å². The smallest absolute Gasteiger partial charge is 0.0497 e. The maximum atomic E-state index is 9.24. The van der Waals surface area contributed by atoms with Crippen LogP contribution in [0.25, 0.3) is 0 Å². The Hall–Kier alpha value is -0.900. The molecule has 1 aliphatic heterocycles. The van der Waals surface area contributed by atoms with Gasteiger partial charge in [0.05, 0.1) is 0 Å². The van der Waals surface area contributed by atoms with Gasteiger partial charge in [-0.3, -0.25) is 0 Å². The fourth-order valence-corrected chi connectivity index (χ4v) is 4.22. The molecule has 0 bridgehead atoms. The van der Waals surface area contributed by atoms with E-state index in [0.717, 1.165) is 0 Å². The third-order valence-corrected chi connectivity index (χ3v) is 5.64. The van der Waals surface area contributed by atoms with Gasteiger partial charge in [-0.25, -0.2) is 0 Å². The Morgan fingerprint density at radius 1 is 0.944 bits per heavy atom. The summed E-state index contributed by atoms with van der Waals surface area (Å²) in [6.45, 7) is 2.25. The van der Waals surface area contributed by atoms with Gasteiger partial charge in [-0.2, -0.15) is 0 Å². The van der Waals surface area contributed by atoms with Crippen LogP contribution in [0.2, 0.25) is 0 Å². The summed E-state index contributed by atoms with van der Waals surface area (Å²) < 4.78 is 0. The minimum absolute atomic E-state index is 0.202. The second-order valence-electron chi connectivity index (χ2n) is 4.44. The first kappa shape index (κ1) is 12.2. The summed E-state index contributed by atoms with van der Waals surface area (Å²) in [5.74, 6) is 0.207. The van der Waals surface area contributed by atoms with Gasteiger partial charge in [0.1, 0.15) is 0 Å². The molecule has 1 heterocycles. The van der Waals surface area contributed by atoms with Crippen LogP contribution < -0.4 is 0 Å². The molecule has 2 aromatic rings. The molecule has 0 amide bonds. The van der Waals surface area contributed by atoms with Crippen molar-refractivity contribution in [2.45, 2.75) is 32.4 Å². The van der Waals surface area contributed by atoms with Crippen LogP contribution in [0.5, 0.6) is 0 Å². The summed E-state index contributed by atoms with van der Waals surface area (Å²) in [6, 6.07) is 15.0. The van der Waals surface area contributed by atoms with E-state index in [1.165, 1.54) is 25.1 Å². The summed E-state index contributed by atoms with van der Waals surface area (Å²) in [5.41, 5.74) is 1.21. The topological polar surface area (TPSA) is 20.2 Å². The fraction of sp³-hybridized carbons (Fsp3) is 0.200. The molecule has 18 heavy (non-hydrogen) atoms. The van der Waals surface area contributed by atoms with E-state index >= 15 is 0 Å². The Bertz CT molecular complexity index is 580. The third kappa shape index (κ3) is 2.18. The normalized spacial score (nSPS) is 14.8. The maximum Gasteiger partial charge on any atom is 0.0497 e. The average Bonchev–Trinajstić information content (AvgIpc) is 2.43. The highest BCUT2D eigenvalue weighted by atomic mass is 32.2. The highest BCUT2D eigenvalue weighted by molar-refractivity contribution is 8.05. The Balaban J connectivity index is 1.98. The molecule has 1 N–H and O–H groups in total. The SMILES string of the molecule is CC(CO)c1ccc2c(c1)Sc1ccccc1S2. The van der Waals surface area contributed by atoms with E-state index in [1.54, 1.807) is 0 Å². The van der Waals surface area contributed by atoms with Gasteiger partial charge in [-0.1, -0.05) is 48.6 Å². The van der Waals surface area contributed by atoms with Crippen molar-refractivity contribution in [3.05, 3.63) is 48.0 Å². The van der Waals surface area contributed by atoms with Crippen molar-refractivity contribution in [3.63, 3.8) is 0 Å². The van der Waals surface area contributed by atoms with Crippen LogP contribution in [-0.2, 0) is 0 Å². The van der Waals surface area contributed by atoms with Gasteiger partial charge in [0.15, 0.2) is 0 Å². The van der Waals surface area contributed by atoms with Gasteiger partial charge in [0, 0.05) is 32.1 Å². The summed E-state index contributed by atoms with van der Waals surface area (Å²) >= 11 is 3.65. The first-order valence-corrected chi connectivity index (χ1v) is 7.61. The van der Waals surface area contributed by atoms with Crippen molar-refractivity contribution in [3.8, 4) is 0 Å². The largest absolute Gasteiger partial charge is 0.396 e. The lowest BCUT2D eigenvalue weighted by atomic mass is 10.0. The number of fused-ring (bicyclic) bond motifs is 2. The zero-order valence-electron chi connectivity index (χ0n) is 10.1. The molecule has 2 aromatic carbocycles. The predicted octanol–water partition coefficient (Wildman–Crippen LogP) is 4.40. The Kier molecular flexibility index (Phi) is 3.37. The van der Waals surface area contributed by atoms with E-state index in [4.69, 9.17) is 0 Å². The number of aliphatic hydroxyl groups excluding tert-OH is 1. The molecular weight excluding hydrogens is 260 g/mol. The quantitative estimate of drug-likeness (QED) is 0.748. The molecule has 0 fully saturated rings. The van der Waals surface area contributed by atoms with E-state index in [2.05, 4.69) is 49.4 Å². The molecule has 1 nitrogen and oxygen atoms in total. The van der Waals surface area contributed by atoms with Crippen LogP contribution in [0, 0.1) is 0 Å². The fourth-order valence-electron chi connectivity index (χ4n) is 1.96. The van der Waals surface area contributed by atoms with E-state index in [-0.39, 0.29) is 12.5 Å². The highest BCUT2D eigenvalue weighted by Gasteiger charge is 2.17. The Labute approximate surface area is 116 Å². The van der Waals surface area contributed by atoms with Crippen LogP contribution in [0.1, 0.15) is 18.4 Å². The van der Waals surface area contributed by atoms with Gasteiger partial charge in [-0.15, -0.1) is 0 Å². The van der Waals surface area contributed by atoms with Gasteiger partial charge < -0.3 is 5.11 Å². The number of hydrogen-bond donors (Lipinski definition) is 1. The second-order valence-corrected chi connectivity index (χ2v) is 6.61. The third-order valence-electron chi connectivity index (χ3n) is 3.10. The zero-order valence-corrected chi connectivity index (χ0v) is 11.7. The first-order chi connectivity index (χ1) is 8.78. The number of aliphatic hydroxyl groups is 1. The summed E-state index contributed by atoms with van der Waals surface area (Å²) in [7, 11) is 0. The maximum absolute atomic E-state index is 9.24. The van der Waals surface area contributed by atoms with Gasteiger partial charge >= 0.3 is 0 Å². The lowest BCUT2D eigenvalue weighted by Gasteiger charge is -2.19. The molecule has 0 saturated heterocycles. The Morgan fingerprint density at radius 3 is 2.22 bits per heavy atom. The zero-order chi connectivity index (χ0) is 12.5. The van der Waals surface area contributed by atoms with E-state index in [9.17, 15) is 5.11 Å².